The molecule has 1 amide bonds. The van der Waals surface area contributed by atoms with E-state index in [1.54, 1.807) is 36.9 Å². The molecule has 3 rings (SSSR count). The van der Waals surface area contributed by atoms with Crippen molar-refractivity contribution in [3.05, 3.63) is 66.2 Å². The Morgan fingerprint density at radius 2 is 2.13 bits per heavy atom. The lowest BCUT2D eigenvalue weighted by Crippen LogP contribution is -2.23. The van der Waals surface area contributed by atoms with Gasteiger partial charge in [-0.3, -0.25) is 9.78 Å². The number of amides is 1. The number of hydrogen-bond acceptors (Lipinski definition) is 5. The molecular formula is C17H15N3O3. The summed E-state index contributed by atoms with van der Waals surface area (Å²) in [6, 6.07) is 10.7. The smallest absolute Gasteiger partial charge is 0.257 e. The highest BCUT2D eigenvalue weighted by molar-refractivity contribution is 5.96. The normalized spacial score (nSPS) is 10.3. The number of ether oxygens (including phenoxy) is 1. The summed E-state index contributed by atoms with van der Waals surface area (Å²) in [5.41, 5.74) is 2.04. The number of carbonyl (C=O) groups excluding carboxylic acids is 1. The van der Waals surface area contributed by atoms with Crippen LogP contribution < -0.4 is 10.1 Å². The number of furan rings is 1. The van der Waals surface area contributed by atoms with Crippen molar-refractivity contribution in [3.63, 3.8) is 0 Å². The second-order valence-corrected chi connectivity index (χ2v) is 4.77. The van der Waals surface area contributed by atoms with Gasteiger partial charge in [-0.05, 0) is 42.0 Å². The van der Waals surface area contributed by atoms with E-state index in [1.165, 1.54) is 7.11 Å². The van der Waals surface area contributed by atoms with E-state index in [1.807, 2.05) is 18.2 Å². The highest BCUT2D eigenvalue weighted by Gasteiger charge is 2.12. The van der Waals surface area contributed by atoms with Gasteiger partial charge in [-0.2, -0.15) is 0 Å². The molecule has 3 aromatic heterocycles. The summed E-state index contributed by atoms with van der Waals surface area (Å²) in [6.07, 6.45) is 4.86. The molecule has 0 aliphatic heterocycles. The lowest BCUT2D eigenvalue weighted by Gasteiger charge is -2.08. The Hall–Kier alpha value is -3.15. The molecule has 0 saturated heterocycles. The van der Waals surface area contributed by atoms with Crippen molar-refractivity contribution in [3.8, 4) is 17.3 Å². The largest absolute Gasteiger partial charge is 0.480 e. The first-order valence-corrected chi connectivity index (χ1v) is 7.04. The Morgan fingerprint density at radius 1 is 1.22 bits per heavy atom. The highest BCUT2D eigenvalue weighted by atomic mass is 16.5. The zero-order valence-corrected chi connectivity index (χ0v) is 12.5. The van der Waals surface area contributed by atoms with Gasteiger partial charge in [0.15, 0.2) is 5.76 Å². The summed E-state index contributed by atoms with van der Waals surface area (Å²) in [5.74, 6) is 0.745. The monoisotopic (exact) mass is 309 g/mol. The van der Waals surface area contributed by atoms with Gasteiger partial charge in [-0.25, -0.2) is 4.98 Å². The molecule has 0 atom stereocenters. The van der Waals surface area contributed by atoms with Crippen LogP contribution in [-0.2, 0) is 6.54 Å². The molecule has 0 radical (unpaired) electrons. The predicted octanol–water partition coefficient (Wildman–Crippen LogP) is 2.68. The Balaban J connectivity index is 1.71. The van der Waals surface area contributed by atoms with Crippen LogP contribution in [0.1, 0.15) is 15.9 Å². The third-order valence-electron chi connectivity index (χ3n) is 3.26. The number of pyridine rings is 2. The van der Waals surface area contributed by atoms with E-state index in [2.05, 4.69) is 15.3 Å². The van der Waals surface area contributed by atoms with Gasteiger partial charge in [0.05, 0.1) is 13.4 Å². The molecular weight excluding hydrogens is 294 g/mol. The van der Waals surface area contributed by atoms with Crippen molar-refractivity contribution >= 4 is 5.91 Å². The van der Waals surface area contributed by atoms with Crippen LogP contribution in [0.5, 0.6) is 5.88 Å². The number of carbonyl (C=O) groups is 1. The third-order valence-corrected chi connectivity index (χ3v) is 3.26. The number of nitrogens with one attached hydrogen (secondary N) is 1. The first kappa shape index (κ1) is 14.8. The molecule has 3 heterocycles. The number of methoxy groups -OCH3 is 1. The number of aromatic nitrogens is 2. The van der Waals surface area contributed by atoms with Gasteiger partial charge >= 0.3 is 0 Å². The molecule has 0 aromatic carbocycles. The molecule has 6 nitrogen and oxygen atoms in total. The topological polar surface area (TPSA) is 77.2 Å². The number of rotatable bonds is 5. The van der Waals surface area contributed by atoms with Gasteiger partial charge in [-0.15, -0.1) is 0 Å². The molecule has 23 heavy (non-hydrogen) atoms. The molecule has 1 N–H and O–H groups in total. The maximum Gasteiger partial charge on any atom is 0.257 e. The summed E-state index contributed by atoms with van der Waals surface area (Å²) in [7, 11) is 1.48. The summed E-state index contributed by atoms with van der Waals surface area (Å²) >= 11 is 0. The molecule has 116 valence electrons. The van der Waals surface area contributed by atoms with Crippen LogP contribution >= 0.6 is 0 Å². The van der Waals surface area contributed by atoms with Crippen LogP contribution in [0.15, 0.2) is 59.5 Å². The van der Waals surface area contributed by atoms with Crippen LogP contribution in [0.4, 0.5) is 0 Å². The molecule has 0 aliphatic rings. The Bertz CT molecular complexity index is 800. The molecule has 0 spiro atoms. The third kappa shape index (κ3) is 3.37. The molecule has 0 bridgehead atoms. The van der Waals surface area contributed by atoms with E-state index in [4.69, 9.17) is 9.15 Å². The summed E-state index contributed by atoms with van der Waals surface area (Å²) < 4.78 is 10.4. The van der Waals surface area contributed by atoms with Crippen LogP contribution in [0.2, 0.25) is 0 Å². The van der Waals surface area contributed by atoms with E-state index >= 15 is 0 Å². The first-order valence-electron chi connectivity index (χ1n) is 7.04. The Kier molecular flexibility index (Phi) is 4.33. The van der Waals surface area contributed by atoms with Gasteiger partial charge in [0, 0.05) is 18.9 Å². The van der Waals surface area contributed by atoms with E-state index in [-0.39, 0.29) is 5.91 Å². The number of hydrogen-bond donors (Lipinski definition) is 1. The fraction of sp³-hybridized carbons (Fsp3) is 0.118. The Morgan fingerprint density at radius 3 is 2.91 bits per heavy atom. The molecule has 3 aromatic rings. The predicted molar refractivity (Wildman–Crippen MR) is 83.9 cm³/mol. The quantitative estimate of drug-likeness (QED) is 0.784. The maximum absolute atomic E-state index is 12.2. The SMILES string of the molecule is COc1ncccc1C(=O)NCc1ccnc(-c2ccco2)c1. The van der Waals surface area contributed by atoms with Gasteiger partial charge in [-0.1, -0.05) is 0 Å². The van der Waals surface area contributed by atoms with Crippen LogP contribution in [0.3, 0.4) is 0 Å². The second kappa shape index (κ2) is 6.74. The fourth-order valence-electron chi connectivity index (χ4n) is 2.15. The fourth-order valence-corrected chi connectivity index (χ4v) is 2.15. The minimum absolute atomic E-state index is 0.244. The average Bonchev–Trinajstić information content (AvgIpc) is 3.14. The van der Waals surface area contributed by atoms with E-state index in [0.717, 1.165) is 11.3 Å². The van der Waals surface area contributed by atoms with Crippen molar-refractivity contribution < 1.29 is 13.9 Å². The number of nitrogens with zero attached hydrogens (tertiary/aromatic N) is 2. The van der Waals surface area contributed by atoms with Crippen molar-refractivity contribution in [2.45, 2.75) is 6.54 Å². The lowest BCUT2D eigenvalue weighted by molar-refractivity contribution is 0.0947. The van der Waals surface area contributed by atoms with Gasteiger partial charge < -0.3 is 14.5 Å². The van der Waals surface area contributed by atoms with E-state index in [9.17, 15) is 4.79 Å². The Labute approximate surface area is 133 Å². The van der Waals surface area contributed by atoms with Crippen LogP contribution in [0, 0.1) is 0 Å². The molecule has 6 heteroatoms. The molecule has 0 aliphatic carbocycles. The van der Waals surface area contributed by atoms with Crippen molar-refractivity contribution in [2.75, 3.05) is 7.11 Å². The second-order valence-electron chi connectivity index (χ2n) is 4.77. The highest BCUT2D eigenvalue weighted by Crippen LogP contribution is 2.18. The van der Waals surface area contributed by atoms with E-state index < -0.39 is 0 Å². The zero-order valence-electron chi connectivity index (χ0n) is 12.5. The summed E-state index contributed by atoms with van der Waals surface area (Å²) in [6.45, 7) is 0.368. The summed E-state index contributed by atoms with van der Waals surface area (Å²) in [5, 5.41) is 2.85. The molecule has 0 unspecified atom stereocenters. The summed E-state index contributed by atoms with van der Waals surface area (Å²) in [4.78, 5) is 20.5. The van der Waals surface area contributed by atoms with Crippen molar-refractivity contribution in [1.29, 1.82) is 0 Å². The van der Waals surface area contributed by atoms with Crippen molar-refractivity contribution in [2.24, 2.45) is 0 Å². The maximum atomic E-state index is 12.2. The van der Waals surface area contributed by atoms with Crippen LogP contribution in [0.25, 0.3) is 11.5 Å². The minimum Gasteiger partial charge on any atom is -0.480 e. The van der Waals surface area contributed by atoms with Crippen LogP contribution in [-0.4, -0.2) is 23.0 Å². The van der Waals surface area contributed by atoms with Crippen molar-refractivity contribution in [1.82, 2.24) is 15.3 Å². The van der Waals surface area contributed by atoms with Gasteiger partial charge in [0.2, 0.25) is 5.88 Å². The molecule has 0 fully saturated rings. The first-order chi connectivity index (χ1) is 11.3. The zero-order chi connectivity index (χ0) is 16.1. The lowest BCUT2D eigenvalue weighted by atomic mass is 10.2. The van der Waals surface area contributed by atoms with Gasteiger partial charge in [0.25, 0.3) is 5.91 Å². The molecule has 0 saturated carbocycles. The van der Waals surface area contributed by atoms with Gasteiger partial charge in [0.1, 0.15) is 11.3 Å². The average molecular weight is 309 g/mol. The minimum atomic E-state index is -0.244. The van der Waals surface area contributed by atoms with E-state index in [0.29, 0.717) is 23.7 Å². The standard InChI is InChI=1S/C17H15N3O3/c1-22-17-13(4-2-7-19-17)16(21)20-11-12-6-8-18-14(10-12)15-5-3-9-23-15/h2-10H,11H2,1H3,(H,20,21).